The van der Waals surface area contributed by atoms with Crippen LogP contribution >= 0.6 is 11.6 Å². The Morgan fingerprint density at radius 3 is 2.50 bits per heavy atom. The van der Waals surface area contributed by atoms with Crippen molar-refractivity contribution >= 4 is 29.1 Å². The molecule has 2 N–H and O–H groups in total. The molecular weight excluding hydrogens is 326 g/mol. The number of hydrogen-bond acceptors (Lipinski definition) is 4. The highest BCUT2D eigenvalue weighted by Crippen LogP contribution is 2.19. The first-order valence-electron chi connectivity index (χ1n) is 7.83. The molecule has 1 saturated heterocycles. The number of aryl methyl sites for hydroxylation is 1. The average molecular weight is 346 g/mol. The molecule has 6 nitrogen and oxygen atoms in total. The number of nitrogens with one attached hydrogen (secondary N) is 1. The van der Waals surface area contributed by atoms with Gasteiger partial charge in [0, 0.05) is 37.4 Å². The minimum absolute atomic E-state index is 0.440. The Labute approximate surface area is 146 Å². The maximum absolute atomic E-state index is 9.45. The van der Waals surface area contributed by atoms with E-state index in [1.807, 2.05) is 29.3 Å². The van der Waals surface area contributed by atoms with E-state index in [0.29, 0.717) is 11.0 Å². The quantitative estimate of drug-likeness (QED) is 0.498. The first-order chi connectivity index (χ1) is 11.7. The second-order valence-corrected chi connectivity index (χ2v) is 6.08. The first kappa shape index (κ1) is 16.5. The molecule has 24 heavy (non-hydrogen) atoms. The van der Waals surface area contributed by atoms with Crippen molar-refractivity contribution in [3.63, 3.8) is 0 Å². The van der Waals surface area contributed by atoms with Gasteiger partial charge in [0.15, 0.2) is 0 Å². The Hall–Kier alpha value is -2.31. The van der Waals surface area contributed by atoms with E-state index in [0.717, 1.165) is 37.7 Å². The van der Waals surface area contributed by atoms with E-state index in [1.165, 1.54) is 5.56 Å². The number of pyridine rings is 1. The Balaban J connectivity index is 1.68. The molecule has 0 aliphatic carbocycles. The second kappa shape index (κ2) is 7.51. The molecule has 0 atom stereocenters. The molecule has 2 aromatic rings. The summed E-state index contributed by atoms with van der Waals surface area (Å²) in [7, 11) is 0. The Bertz CT molecular complexity index is 711. The Morgan fingerprint density at radius 1 is 1.17 bits per heavy atom. The van der Waals surface area contributed by atoms with E-state index >= 15 is 0 Å². The van der Waals surface area contributed by atoms with E-state index in [4.69, 9.17) is 11.6 Å². The third-order valence-corrected chi connectivity index (χ3v) is 4.27. The summed E-state index contributed by atoms with van der Waals surface area (Å²) < 4.78 is 0. The van der Waals surface area contributed by atoms with Crippen molar-refractivity contribution in [2.24, 2.45) is 4.99 Å². The lowest BCUT2D eigenvalue weighted by Gasteiger charge is -2.36. The molecule has 1 aliphatic heterocycles. The van der Waals surface area contributed by atoms with Crippen LogP contribution in [0.5, 0.6) is 0 Å². The largest absolute Gasteiger partial charge is 0.353 e. The summed E-state index contributed by atoms with van der Waals surface area (Å²) in [6.45, 7) is 5.20. The summed E-state index contributed by atoms with van der Waals surface area (Å²) in [6, 6.07) is 11.2. The van der Waals surface area contributed by atoms with Crippen molar-refractivity contribution in [3.8, 4) is 0 Å². The number of hydrogen-bond donors (Lipinski definition) is 2. The highest BCUT2D eigenvalue weighted by molar-refractivity contribution is 6.30. The van der Waals surface area contributed by atoms with Crippen LogP contribution in [0.1, 0.15) is 5.56 Å². The molecule has 0 unspecified atom stereocenters. The molecule has 0 bridgehead atoms. The number of halogens is 1. The number of benzene rings is 1. The molecule has 1 fully saturated rings. The summed E-state index contributed by atoms with van der Waals surface area (Å²) in [6.07, 6.45) is 1.82. The van der Waals surface area contributed by atoms with E-state index in [2.05, 4.69) is 33.3 Å². The van der Waals surface area contributed by atoms with Crippen LogP contribution < -0.4 is 10.4 Å². The maximum Gasteiger partial charge on any atom is 0.223 e. The third-order valence-electron chi connectivity index (χ3n) is 4.02. The van der Waals surface area contributed by atoms with Gasteiger partial charge in [0.1, 0.15) is 5.82 Å². The van der Waals surface area contributed by atoms with Gasteiger partial charge in [-0.1, -0.05) is 17.7 Å². The van der Waals surface area contributed by atoms with Gasteiger partial charge in [0.05, 0.1) is 5.69 Å². The molecular formula is C17H20ClN5O. The second-order valence-electron chi connectivity index (χ2n) is 5.64. The van der Waals surface area contributed by atoms with Crippen LogP contribution in [-0.2, 0) is 0 Å². The fourth-order valence-corrected chi connectivity index (χ4v) is 2.87. The van der Waals surface area contributed by atoms with Gasteiger partial charge in [0.25, 0.3) is 0 Å². The van der Waals surface area contributed by atoms with Crippen molar-refractivity contribution in [1.29, 1.82) is 0 Å². The van der Waals surface area contributed by atoms with Gasteiger partial charge in [-0.25, -0.2) is 15.5 Å². The number of hydroxylamine groups is 1. The molecule has 3 rings (SSSR count). The topological polar surface area (TPSA) is 64.0 Å². The van der Waals surface area contributed by atoms with Gasteiger partial charge in [0.2, 0.25) is 5.96 Å². The zero-order chi connectivity index (χ0) is 16.9. The van der Waals surface area contributed by atoms with Gasteiger partial charge in [-0.05, 0) is 42.8 Å². The van der Waals surface area contributed by atoms with E-state index in [9.17, 15) is 5.21 Å². The zero-order valence-corrected chi connectivity index (χ0v) is 14.2. The van der Waals surface area contributed by atoms with Crippen molar-refractivity contribution in [3.05, 3.63) is 53.2 Å². The third kappa shape index (κ3) is 3.77. The summed E-state index contributed by atoms with van der Waals surface area (Å²) in [5.41, 5.74) is 4.11. The number of anilines is 1. The highest BCUT2D eigenvalue weighted by Gasteiger charge is 2.21. The van der Waals surface area contributed by atoms with Crippen LogP contribution in [0.15, 0.2) is 47.6 Å². The van der Waals surface area contributed by atoms with Crippen molar-refractivity contribution in [2.75, 3.05) is 31.1 Å². The summed E-state index contributed by atoms with van der Waals surface area (Å²) >= 11 is 5.88. The molecule has 1 aromatic carbocycles. The average Bonchev–Trinajstić information content (AvgIpc) is 2.62. The normalized spacial score (nSPS) is 15.5. The van der Waals surface area contributed by atoms with Crippen LogP contribution in [0.4, 0.5) is 11.5 Å². The monoisotopic (exact) mass is 345 g/mol. The van der Waals surface area contributed by atoms with Crippen LogP contribution in [0.2, 0.25) is 5.02 Å². The smallest absolute Gasteiger partial charge is 0.223 e. The van der Waals surface area contributed by atoms with Gasteiger partial charge in [-0.15, -0.1) is 0 Å². The van der Waals surface area contributed by atoms with Crippen molar-refractivity contribution < 1.29 is 5.21 Å². The SMILES string of the molecule is Cc1cccnc1N1CCN(C(=Nc2ccc(Cl)cc2)NO)CC1. The lowest BCUT2D eigenvalue weighted by Crippen LogP contribution is -2.52. The molecule has 126 valence electrons. The molecule has 0 spiro atoms. The number of rotatable bonds is 2. The Morgan fingerprint density at radius 2 is 1.88 bits per heavy atom. The summed E-state index contributed by atoms with van der Waals surface area (Å²) in [4.78, 5) is 13.2. The van der Waals surface area contributed by atoms with Gasteiger partial charge in [-0.3, -0.25) is 5.21 Å². The number of aliphatic imine (C=N–C) groups is 1. The number of piperazine rings is 1. The molecule has 7 heteroatoms. The van der Waals surface area contributed by atoms with E-state index in [-0.39, 0.29) is 0 Å². The van der Waals surface area contributed by atoms with Crippen LogP contribution in [0.25, 0.3) is 0 Å². The van der Waals surface area contributed by atoms with Gasteiger partial charge >= 0.3 is 0 Å². The lowest BCUT2D eigenvalue weighted by molar-refractivity contribution is 0.207. The first-order valence-corrected chi connectivity index (χ1v) is 8.21. The fraction of sp³-hybridized carbons (Fsp3) is 0.294. The Kier molecular flexibility index (Phi) is 5.17. The molecule has 0 amide bonds. The van der Waals surface area contributed by atoms with Crippen molar-refractivity contribution in [2.45, 2.75) is 6.92 Å². The maximum atomic E-state index is 9.45. The van der Waals surface area contributed by atoms with E-state index < -0.39 is 0 Å². The summed E-state index contributed by atoms with van der Waals surface area (Å²) in [5.74, 6) is 1.46. The standard InChI is InChI=1S/C17H20ClN5O/c1-13-3-2-8-19-16(13)22-9-11-23(12-10-22)17(21-24)20-15-6-4-14(18)5-7-15/h2-8,24H,9-12H2,1H3,(H,20,21). The minimum atomic E-state index is 0.440. The van der Waals surface area contributed by atoms with Crippen LogP contribution in [0, 0.1) is 6.92 Å². The van der Waals surface area contributed by atoms with Crippen LogP contribution in [0.3, 0.4) is 0 Å². The predicted molar refractivity (Wildman–Crippen MR) is 96.2 cm³/mol. The lowest BCUT2D eigenvalue weighted by atomic mass is 10.2. The fourth-order valence-electron chi connectivity index (χ4n) is 2.74. The molecule has 0 saturated carbocycles. The molecule has 2 heterocycles. The minimum Gasteiger partial charge on any atom is -0.353 e. The van der Waals surface area contributed by atoms with Crippen LogP contribution in [-0.4, -0.2) is 47.2 Å². The van der Waals surface area contributed by atoms with Gasteiger partial charge in [-0.2, -0.15) is 0 Å². The number of aromatic nitrogens is 1. The van der Waals surface area contributed by atoms with Gasteiger partial charge < -0.3 is 9.80 Å². The number of nitrogens with zero attached hydrogens (tertiary/aromatic N) is 4. The molecule has 1 aliphatic rings. The predicted octanol–water partition coefficient (Wildman–Crippen LogP) is 2.83. The van der Waals surface area contributed by atoms with E-state index in [1.54, 1.807) is 12.1 Å². The highest BCUT2D eigenvalue weighted by atomic mass is 35.5. The zero-order valence-electron chi connectivity index (χ0n) is 13.5. The van der Waals surface area contributed by atoms with Crippen molar-refractivity contribution in [1.82, 2.24) is 15.4 Å². The number of guanidine groups is 1. The molecule has 1 aromatic heterocycles. The summed E-state index contributed by atoms with van der Waals surface area (Å²) in [5, 5.41) is 10.1. The molecule has 0 radical (unpaired) electrons.